The summed E-state index contributed by atoms with van der Waals surface area (Å²) in [6, 6.07) is 8.53. The van der Waals surface area contributed by atoms with Crippen molar-refractivity contribution in [2.45, 2.75) is 70.4 Å². The van der Waals surface area contributed by atoms with Gasteiger partial charge in [0.2, 0.25) is 5.91 Å². The molecule has 1 aliphatic heterocycles. The SMILES string of the molecule is CC1CCC(N(C(=O)c2cccc(N3CCCC3=O)c2)C2CC2)CC1. The summed E-state index contributed by atoms with van der Waals surface area (Å²) in [5.41, 5.74) is 1.61. The zero-order valence-electron chi connectivity index (χ0n) is 15.1. The van der Waals surface area contributed by atoms with E-state index in [1.165, 1.54) is 12.8 Å². The number of carbonyl (C=O) groups excluding carboxylic acids is 2. The molecule has 2 aliphatic carbocycles. The molecule has 4 rings (SSSR count). The van der Waals surface area contributed by atoms with Crippen molar-refractivity contribution in [1.82, 2.24) is 4.90 Å². The van der Waals surface area contributed by atoms with Crippen molar-refractivity contribution in [2.24, 2.45) is 5.92 Å². The van der Waals surface area contributed by atoms with Crippen molar-refractivity contribution in [3.8, 4) is 0 Å². The third kappa shape index (κ3) is 3.44. The number of hydrogen-bond donors (Lipinski definition) is 0. The van der Waals surface area contributed by atoms with Gasteiger partial charge in [-0.1, -0.05) is 13.0 Å². The number of nitrogens with zero attached hydrogens (tertiary/aromatic N) is 2. The minimum Gasteiger partial charge on any atom is -0.333 e. The Morgan fingerprint density at radius 1 is 1.08 bits per heavy atom. The highest BCUT2D eigenvalue weighted by atomic mass is 16.2. The van der Waals surface area contributed by atoms with Crippen molar-refractivity contribution in [1.29, 1.82) is 0 Å². The van der Waals surface area contributed by atoms with E-state index in [1.807, 2.05) is 29.2 Å². The zero-order valence-corrected chi connectivity index (χ0v) is 15.1. The van der Waals surface area contributed by atoms with E-state index in [4.69, 9.17) is 0 Å². The second kappa shape index (κ2) is 6.81. The van der Waals surface area contributed by atoms with Gasteiger partial charge in [0.25, 0.3) is 5.91 Å². The Kier molecular flexibility index (Phi) is 4.53. The summed E-state index contributed by atoms with van der Waals surface area (Å²) in [6.07, 6.45) is 8.52. The van der Waals surface area contributed by atoms with E-state index in [1.54, 1.807) is 0 Å². The second-order valence-electron chi connectivity index (χ2n) is 8.06. The molecule has 0 N–H and O–H groups in total. The highest BCUT2D eigenvalue weighted by molar-refractivity contribution is 5.99. The highest BCUT2D eigenvalue weighted by Gasteiger charge is 2.39. The van der Waals surface area contributed by atoms with Crippen LogP contribution < -0.4 is 4.90 Å². The van der Waals surface area contributed by atoms with Crippen molar-refractivity contribution in [3.05, 3.63) is 29.8 Å². The molecule has 3 aliphatic rings. The predicted molar refractivity (Wildman–Crippen MR) is 98.6 cm³/mol. The summed E-state index contributed by atoms with van der Waals surface area (Å²) in [5, 5.41) is 0. The maximum Gasteiger partial charge on any atom is 0.254 e. The van der Waals surface area contributed by atoms with Crippen LogP contribution in [0.5, 0.6) is 0 Å². The van der Waals surface area contributed by atoms with E-state index >= 15 is 0 Å². The first-order valence-corrected chi connectivity index (χ1v) is 9.86. The number of rotatable bonds is 4. The Bertz CT molecular complexity index is 660. The Morgan fingerprint density at radius 3 is 2.36 bits per heavy atom. The van der Waals surface area contributed by atoms with Crippen molar-refractivity contribution < 1.29 is 9.59 Å². The minimum absolute atomic E-state index is 0.163. The van der Waals surface area contributed by atoms with Gasteiger partial charge in [0.05, 0.1) is 0 Å². The van der Waals surface area contributed by atoms with Gasteiger partial charge in [-0.25, -0.2) is 0 Å². The maximum absolute atomic E-state index is 13.3. The van der Waals surface area contributed by atoms with Crippen LogP contribution in [0.1, 0.15) is 68.6 Å². The summed E-state index contributed by atoms with van der Waals surface area (Å²) < 4.78 is 0. The Balaban J connectivity index is 1.55. The number of benzene rings is 1. The summed E-state index contributed by atoms with van der Waals surface area (Å²) in [7, 11) is 0. The fraction of sp³-hybridized carbons (Fsp3) is 0.619. The van der Waals surface area contributed by atoms with Crippen LogP contribution in [0.25, 0.3) is 0 Å². The molecular formula is C21H28N2O2. The topological polar surface area (TPSA) is 40.6 Å². The quantitative estimate of drug-likeness (QED) is 0.831. The van der Waals surface area contributed by atoms with E-state index in [2.05, 4.69) is 11.8 Å². The molecule has 2 saturated carbocycles. The second-order valence-corrected chi connectivity index (χ2v) is 8.06. The normalized spacial score (nSPS) is 26.8. The first kappa shape index (κ1) is 16.6. The lowest BCUT2D eigenvalue weighted by Crippen LogP contribution is -2.43. The molecule has 3 fully saturated rings. The molecule has 1 aromatic carbocycles. The monoisotopic (exact) mass is 340 g/mol. The third-order valence-corrected chi connectivity index (χ3v) is 6.03. The summed E-state index contributed by atoms with van der Waals surface area (Å²) in [5.74, 6) is 1.12. The van der Waals surface area contributed by atoms with Gasteiger partial charge in [-0.05, 0) is 69.1 Å². The Morgan fingerprint density at radius 2 is 1.76 bits per heavy atom. The molecule has 0 aromatic heterocycles. The lowest BCUT2D eigenvalue weighted by Gasteiger charge is -2.36. The van der Waals surface area contributed by atoms with Gasteiger partial charge < -0.3 is 9.80 Å². The van der Waals surface area contributed by atoms with Crippen LogP contribution in [0, 0.1) is 5.92 Å². The van der Waals surface area contributed by atoms with E-state index in [9.17, 15) is 9.59 Å². The average molecular weight is 340 g/mol. The molecule has 1 aromatic rings. The van der Waals surface area contributed by atoms with E-state index in [-0.39, 0.29) is 11.8 Å². The molecule has 0 radical (unpaired) electrons. The molecule has 4 heteroatoms. The molecule has 25 heavy (non-hydrogen) atoms. The highest BCUT2D eigenvalue weighted by Crippen LogP contribution is 2.36. The number of anilines is 1. The summed E-state index contributed by atoms with van der Waals surface area (Å²) in [4.78, 5) is 29.3. The summed E-state index contributed by atoms with van der Waals surface area (Å²) in [6.45, 7) is 3.08. The molecule has 2 amide bonds. The predicted octanol–water partition coefficient (Wildman–Crippen LogP) is 4.00. The lowest BCUT2D eigenvalue weighted by molar-refractivity contribution is -0.117. The molecule has 0 atom stereocenters. The molecular weight excluding hydrogens is 312 g/mol. The largest absolute Gasteiger partial charge is 0.333 e. The van der Waals surface area contributed by atoms with Crippen molar-refractivity contribution in [2.75, 3.05) is 11.4 Å². The molecule has 4 nitrogen and oxygen atoms in total. The fourth-order valence-electron chi connectivity index (χ4n) is 4.38. The molecule has 0 unspecified atom stereocenters. The Hall–Kier alpha value is -1.84. The smallest absolute Gasteiger partial charge is 0.254 e. The van der Waals surface area contributed by atoms with Crippen LogP contribution in [-0.4, -0.2) is 35.3 Å². The lowest BCUT2D eigenvalue weighted by atomic mass is 9.86. The van der Waals surface area contributed by atoms with Crippen LogP contribution in [0.3, 0.4) is 0 Å². The fourth-order valence-corrected chi connectivity index (χ4v) is 4.38. The van der Waals surface area contributed by atoms with E-state index in [0.29, 0.717) is 18.5 Å². The Labute approximate surface area is 150 Å². The van der Waals surface area contributed by atoms with Gasteiger partial charge in [0.15, 0.2) is 0 Å². The minimum atomic E-state index is 0.163. The average Bonchev–Trinajstić information content (AvgIpc) is 3.36. The maximum atomic E-state index is 13.3. The van der Waals surface area contributed by atoms with Gasteiger partial charge in [-0.2, -0.15) is 0 Å². The van der Waals surface area contributed by atoms with Gasteiger partial charge in [0, 0.05) is 36.3 Å². The third-order valence-electron chi connectivity index (χ3n) is 6.03. The van der Waals surface area contributed by atoms with Gasteiger partial charge in [0.1, 0.15) is 0 Å². The van der Waals surface area contributed by atoms with Crippen molar-refractivity contribution in [3.63, 3.8) is 0 Å². The first-order chi connectivity index (χ1) is 12.1. The van der Waals surface area contributed by atoms with Crippen LogP contribution >= 0.6 is 0 Å². The van der Waals surface area contributed by atoms with Gasteiger partial charge in [-0.3, -0.25) is 9.59 Å². The molecule has 0 spiro atoms. The number of hydrogen-bond acceptors (Lipinski definition) is 2. The zero-order chi connectivity index (χ0) is 17.4. The number of amides is 2. The molecule has 0 bridgehead atoms. The molecule has 134 valence electrons. The van der Waals surface area contributed by atoms with Gasteiger partial charge >= 0.3 is 0 Å². The van der Waals surface area contributed by atoms with Crippen LogP contribution in [-0.2, 0) is 4.79 Å². The van der Waals surface area contributed by atoms with Crippen LogP contribution in [0.4, 0.5) is 5.69 Å². The van der Waals surface area contributed by atoms with Crippen LogP contribution in [0.2, 0.25) is 0 Å². The van der Waals surface area contributed by atoms with Crippen molar-refractivity contribution >= 4 is 17.5 Å². The number of carbonyl (C=O) groups is 2. The van der Waals surface area contributed by atoms with E-state index < -0.39 is 0 Å². The summed E-state index contributed by atoms with van der Waals surface area (Å²) >= 11 is 0. The molecule has 1 saturated heterocycles. The van der Waals surface area contributed by atoms with E-state index in [0.717, 1.165) is 55.8 Å². The van der Waals surface area contributed by atoms with Crippen LogP contribution in [0.15, 0.2) is 24.3 Å². The molecule has 1 heterocycles. The standard InChI is InChI=1S/C21H28N2O2/c1-15-7-9-17(10-8-15)23(18-11-12-18)21(25)16-4-2-5-19(14-16)22-13-3-6-20(22)24/h2,4-5,14-15,17-18H,3,6-13H2,1H3. The van der Waals surface area contributed by atoms with Gasteiger partial charge in [-0.15, -0.1) is 0 Å². The first-order valence-electron chi connectivity index (χ1n) is 9.86.